The average Bonchev–Trinajstić information content (AvgIpc) is 3.08. The van der Waals surface area contributed by atoms with Gasteiger partial charge in [0.1, 0.15) is 23.1 Å². The third-order valence-electron chi connectivity index (χ3n) is 3.26. The minimum absolute atomic E-state index is 0.0751. The molecule has 0 radical (unpaired) electrons. The summed E-state index contributed by atoms with van der Waals surface area (Å²) in [7, 11) is 1.54. The molecular weight excluding hydrogens is 348 g/mol. The number of benzene rings is 2. The van der Waals surface area contributed by atoms with E-state index < -0.39 is 17.5 Å². The normalized spacial score (nSPS) is 10.4. The van der Waals surface area contributed by atoms with E-state index >= 15 is 0 Å². The van der Waals surface area contributed by atoms with Gasteiger partial charge >= 0.3 is 6.01 Å². The molecule has 7 nitrogen and oxygen atoms in total. The summed E-state index contributed by atoms with van der Waals surface area (Å²) in [6.45, 7) is -0.297. The summed E-state index contributed by atoms with van der Waals surface area (Å²) >= 11 is 0. The molecular formula is C17H13F2N3O4. The van der Waals surface area contributed by atoms with E-state index in [1.165, 1.54) is 0 Å². The Kier molecular flexibility index (Phi) is 5.07. The Labute approximate surface area is 146 Å². The van der Waals surface area contributed by atoms with Gasteiger partial charge in [-0.25, -0.2) is 8.78 Å². The van der Waals surface area contributed by atoms with Crippen molar-refractivity contribution in [3.05, 3.63) is 54.1 Å². The second kappa shape index (κ2) is 7.60. The molecule has 0 aliphatic carbocycles. The molecule has 0 bridgehead atoms. The SMILES string of the molecule is COc1ccc(OCC(=O)Nc2nnc(-c3ccc(F)cc3F)o2)cc1. The number of hydrogen-bond donors (Lipinski definition) is 1. The zero-order chi connectivity index (χ0) is 18.5. The second-order valence-corrected chi connectivity index (χ2v) is 5.05. The van der Waals surface area contributed by atoms with Crippen LogP contribution in [-0.4, -0.2) is 29.8 Å². The van der Waals surface area contributed by atoms with Crippen LogP contribution in [0.5, 0.6) is 11.5 Å². The number of nitrogens with zero attached hydrogens (tertiary/aromatic N) is 2. The van der Waals surface area contributed by atoms with Gasteiger partial charge in [0.15, 0.2) is 6.61 Å². The molecule has 1 heterocycles. The highest BCUT2D eigenvalue weighted by atomic mass is 19.1. The van der Waals surface area contributed by atoms with Crippen LogP contribution in [0.4, 0.5) is 14.8 Å². The van der Waals surface area contributed by atoms with Crippen LogP contribution in [0.1, 0.15) is 0 Å². The fourth-order valence-corrected chi connectivity index (χ4v) is 2.02. The molecule has 134 valence electrons. The number of ether oxygens (including phenoxy) is 2. The fraction of sp³-hybridized carbons (Fsp3) is 0.118. The Morgan fingerprint density at radius 2 is 1.85 bits per heavy atom. The van der Waals surface area contributed by atoms with Crippen molar-refractivity contribution < 1.29 is 27.5 Å². The molecule has 0 fully saturated rings. The van der Waals surface area contributed by atoms with Crippen molar-refractivity contribution in [2.24, 2.45) is 0 Å². The number of nitrogens with one attached hydrogen (secondary N) is 1. The quantitative estimate of drug-likeness (QED) is 0.726. The lowest BCUT2D eigenvalue weighted by Gasteiger charge is -2.06. The first-order valence-corrected chi connectivity index (χ1v) is 7.41. The summed E-state index contributed by atoms with van der Waals surface area (Å²) in [4.78, 5) is 11.9. The summed E-state index contributed by atoms with van der Waals surface area (Å²) in [6, 6.07) is 9.36. The number of aromatic nitrogens is 2. The van der Waals surface area contributed by atoms with E-state index in [0.29, 0.717) is 17.6 Å². The Hall–Kier alpha value is -3.49. The van der Waals surface area contributed by atoms with Gasteiger partial charge in [0.05, 0.1) is 12.7 Å². The molecule has 1 aromatic heterocycles. The Bertz CT molecular complexity index is 913. The summed E-state index contributed by atoms with van der Waals surface area (Å²) in [5.74, 6) is -1.18. The maximum absolute atomic E-state index is 13.7. The van der Waals surface area contributed by atoms with Gasteiger partial charge in [-0.2, -0.15) is 0 Å². The maximum atomic E-state index is 13.7. The summed E-state index contributed by atoms with van der Waals surface area (Å²) < 4.78 is 42.1. The molecule has 3 aromatic rings. The first kappa shape index (κ1) is 17.3. The van der Waals surface area contributed by atoms with Crippen molar-refractivity contribution in [2.75, 3.05) is 19.0 Å². The molecule has 0 unspecified atom stereocenters. The van der Waals surface area contributed by atoms with Crippen molar-refractivity contribution in [3.63, 3.8) is 0 Å². The van der Waals surface area contributed by atoms with Gasteiger partial charge in [-0.05, 0) is 36.4 Å². The summed E-state index contributed by atoms with van der Waals surface area (Å²) in [5.41, 5.74) is -0.0751. The van der Waals surface area contributed by atoms with Crippen LogP contribution in [0.25, 0.3) is 11.5 Å². The molecule has 26 heavy (non-hydrogen) atoms. The molecule has 0 saturated heterocycles. The number of anilines is 1. The predicted octanol–water partition coefficient (Wildman–Crippen LogP) is 3.04. The molecule has 3 rings (SSSR count). The predicted molar refractivity (Wildman–Crippen MR) is 86.8 cm³/mol. The van der Waals surface area contributed by atoms with Crippen LogP contribution in [0.3, 0.4) is 0 Å². The van der Waals surface area contributed by atoms with E-state index in [0.717, 1.165) is 12.1 Å². The highest BCUT2D eigenvalue weighted by molar-refractivity contribution is 5.89. The van der Waals surface area contributed by atoms with Crippen LogP contribution in [-0.2, 0) is 4.79 Å². The molecule has 0 spiro atoms. The van der Waals surface area contributed by atoms with Gasteiger partial charge < -0.3 is 13.9 Å². The minimum atomic E-state index is -0.852. The monoisotopic (exact) mass is 361 g/mol. The third-order valence-corrected chi connectivity index (χ3v) is 3.26. The molecule has 0 aliphatic rings. The number of amides is 1. The number of methoxy groups -OCH3 is 1. The Balaban J connectivity index is 1.58. The summed E-state index contributed by atoms with van der Waals surface area (Å²) in [5, 5.41) is 9.54. The van der Waals surface area contributed by atoms with Gasteiger partial charge in [0.25, 0.3) is 11.8 Å². The van der Waals surface area contributed by atoms with Gasteiger partial charge in [-0.1, -0.05) is 5.10 Å². The van der Waals surface area contributed by atoms with Crippen molar-refractivity contribution in [1.29, 1.82) is 0 Å². The van der Waals surface area contributed by atoms with E-state index in [9.17, 15) is 13.6 Å². The first-order chi connectivity index (χ1) is 12.5. The highest BCUT2D eigenvalue weighted by Crippen LogP contribution is 2.23. The molecule has 1 N–H and O–H groups in total. The largest absolute Gasteiger partial charge is 0.497 e. The van der Waals surface area contributed by atoms with Crippen LogP contribution in [0.15, 0.2) is 46.9 Å². The molecule has 2 aromatic carbocycles. The fourth-order valence-electron chi connectivity index (χ4n) is 2.02. The second-order valence-electron chi connectivity index (χ2n) is 5.05. The number of carbonyl (C=O) groups excluding carboxylic acids is 1. The Morgan fingerprint density at radius 3 is 2.54 bits per heavy atom. The van der Waals surface area contributed by atoms with Crippen LogP contribution in [0, 0.1) is 11.6 Å². The van der Waals surface area contributed by atoms with Crippen LogP contribution >= 0.6 is 0 Å². The standard InChI is InChI=1S/C17H13F2N3O4/c1-24-11-3-5-12(6-4-11)25-9-15(23)20-17-22-21-16(26-17)13-7-2-10(18)8-14(13)19/h2-8H,9H2,1H3,(H,20,22,23). The highest BCUT2D eigenvalue weighted by Gasteiger charge is 2.15. The zero-order valence-electron chi connectivity index (χ0n) is 13.5. The molecule has 1 amide bonds. The van der Waals surface area contributed by atoms with Crippen LogP contribution < -0.4 is 14.8 Å². The molecule has 0 aliphatic heterocycles. The molecule has 9 heteroatoms. The van der Waals surface area contributed by atoms with E-state index in [4.69, 9.17) is 13.9 Å². The van der Waals surface area contributed by atoms with Crippen molar-refractivity contribution in [2.45, 2.75) is 0 Å². The summed E-state index contributed by atoms with van der Waals surface area (Å²) in [6.07, 6.45) is 0. The lowest BCUT2D eigenvalue weighted by atomic mass is 10.2. The van der Waals surface area contributed by atoms with E-state index in [1.54, 1.807) is 31.4 Å². The van der Waals surface area contributed by atoms with Crippen LogP contribution in [0.2, 0.25) is 0 Å². The number of carbonyl (C=O) groups is 1. The third kappa shape index (κ3) is 4.12. The van der Waals surface area contributed by atoms with E-state index in [1.807, 2.05) is 0 Å². The van der Waals surface area contributed by atoms with Crippen molar-refractivity contribution >= 4 is 11.9 Å². The average molecular weight is 361 g/mol. The first-order valence-electron chi connectivity index (χ1n) is 7.41. The maximum Gasteiger partial charge on any atom is 0.322 e. The van der Waals surface area contributed by atoms with E-state index in [2.05, 4.69) is 15.5 Å². The van der Waals surface area contributed by atoms with Crippen molar-refractivity contribution in [3.8, 4) is 23.0 Å². The number of hydrogen-bond acceptors (Lipinski definition) is 6. The smallest absolute Gasteiger partial charge is 0.322 e. The van der Waals surface area contributed by atoms with E-state index in [-0.39, 0.29) is 24.1 Å². The zero-order valence-corrected chi connectivity index (χ0v) is 13.5. The minimum Gasteiger partial charge on any atom is -0.497 e. The molecule has 0 atom stereocenters. The molecule has 0 saturated carbocycles. The van der Waals surface area contributed by atoms with Gasteiger partial charge in [0.2, 0.25) is 0 Å². The topological polar surface area (TPSA) is 86.5 Å². The lowest BCUT2D eigenvalue weighted by molar-refractivity contribution is -0.118. The number of halogens is 2. The van der Waals surface area contributed by atoms with Gasteiger partial charge in [0, 0.05) is 6.07 Å². The van der Waals surface area contributed by atoms with Crippen molar-refractivity contribution in [1.82, 2.24) is 10.2 Å². The number of rotatable bonds is 6. The van der Waals surface area contributed by atoms with Gasteiger partial charge in [-0.15, -0.1) is 5.10 Å². The lowest BCUT2D eigenvalue weighted by Crippen LogP contribution is -2.20. The van der Waals surface area contributed by atoms with Gasteiger partial charge in [-0.3, -0.25) is 10.1 Å². The Morgan fingerprint density at radius 1 is 1.12 bits per heavy atom.